The Balaban J connectivity index is 1.80. The van der Waals surface area contributed by atoms with E-state index in [9.17, 15) is 9.90 Å². The Hall–Kier alpha value is -2.66. The summed E-state index contributed by atoms with van der Waals surface area (Å²) in [4.78, 5) is 14.8. The molecule has 0 saturated heterocycles. The van der Waals surface area contributed by atoms with Crippen molar-refractivity contribution in [1.29, 1.82) is 0 Å². The Morgan fingerprint density at radius 3 is 2.87 bits per heavy atom. The van der Waals surface area contributed by atoms with Gasteiger partial charge in [0, 0.05) is 19.0 Å². The largest absolute Gasteiger partial charge is 0.376 e. The van der Waals surface area contributed by atoms with Crippen LogP contribution in [0.15, 0.2) is 48.9 Å². The number of amides is 1. The number of aromatic nitrogens is 2. The lowest BCUT2D eigenvalue weighted by Gasteiger charge is -2.20. The molecule has 5 heteroatoms. The number of benzene rings is 2. The van der Waals surface area contributed by atoms with Gasteiger partial charge in [-0.15, -0.1) is 0 Å². The maximum absolute atomic E-state index is 11.7. The zero-order chi connectivity index (χ0) is 16.0. The number of aryl methyl sites for hydroxylation is 1. The summed E-state index contributed by atoms with van der Waals surface area (Å²) in [6.45, 7) is 0.795. The molecule has 5 nitrogen and oxygen atoms in total. The van der Waals surface area contributed by atoms with E-state index >= 15 is 0 Å². The Labute approximate surface area is 133 Å². The lowest BCUT2D eigenvalue weighted by atomic mass is 9.88. The molecule has 3 aromatic rings. The van der Waals surface area contributed by atoms with Gasteiger partial charge in [0.25, 0.3) is 5.91 Å². The average molecular weight is 308 g/mol. The molecule has 2 aromatic carbocycles. The topological polar surface area (TPSA) is 69.0 Å². The Morgan fingerprint density at radius 1 is 1.26 bits per heavy atom. The molecule has 1 aliphatic heterocycles. The summed E-state index contributed by atoms with van der Waals surface area (Å²) in [6.07, 6.45) is 4.40. The van der Waals surface area contributed by atoms with Gasteiger partial charge in [-0.05, 0) is 34.5 Å². The molecule has 116 valence electrons. The molecular formula is C18H18N3O2+. The van der Waals surface area contributed by atoms with Crippen LogP contribution in [0.25, 0.3) is 10.8 Å². The number of aromatic amines is 1. The molecule has 0 saturated carbocycles. The molecule has 0 unspecified atom stereocenters. The predicted octanol–water partition coefficient (Wildman–Crippen LogP) is 1.45. The van der Waals surface area contributed by atoms with E-state index in [-0.39, 0.29) is 5.91 Å². The van der Waals surface area contributed by atoms with Gasteiger partial charge in [-0.3, -0.25) is 4.79 Å². The quantitative estimate of drug-likeness (QED) is 0.627. The molecule has 4 rings (SSSR count). The van der Waals surface area contributed by atoms with E-state index in [1.165, 1.54) is 0 Å². The van der Waals surface area contributed by atoms with Crippen molar-refractivity contribution < 1.29 is 14.5 Å². The number of hydrogen-bond acceptors (Lipinski definition) is 2. The number of aliphatic hydroxyl groups is 1. The van der Waals surface area contributed by atoms with E-state index in [1.54, 1.807) is 13.1 Å². The van der Waals surface area contributed by atoms with Crippen LogP contribution in [0, 0.1) is 0 Å². The number of carbonyl (C=O) groups excluding carboxylic acids is 1. The van der Waals surface area contributed by atoms with Gasteiger partial charge in [0.2, 0.25) is 6.33 Å². The fourth-order valence-corrected chi connectivity index (χ4v) is 3.39. The monoisotopic (exact) mass is 308 g/mol. The van der Waals surface area contributed by atoms with Crippen molar-refractivity contribution in [2.24, 2.45) is 0 Å². The van der Waals surface area contributed by atoms with E-state index in [0.29, 0.717) is 12.0 Å². The van der Waals surface area contributed by atoms with Crippen molar-refractivity contribution >= 4 is 16.7 Å². The number of carbonyl (C=O) groups is 1. The van der Waals surface area contributed by atoms with Crippen LogP contribution in [0.5, 0.6) is 0 Å². The van der Waals surface area contributed by atoms with Crippen molar-refractivity contribution in [3.63, 3.8) is 0 Å². The highest BCUT2D eigenvalue weighted by molar-refractivity contribution is 5.98. The molecule has 1 atom stereocenters. The second-order valence-corrected chi connectivity index (χ2v) is 5.98. The van der Waals surface area contributed by atoms with Gasteiger partial charge in [0.1, 0.15) is 6.20 Å². The van der Waals surface area contributed by atoms with Crippen molar-refractivity contribution in [2.45, 2.75) is 18.6 Å². The average Bonchev–Trinajstić information content (AvgIpc) is 3.18. The summed E-state index contributed by atoms with van der Waals surface area (Å²) in [5, 5.41) is 15.8. The predicted molar refractivity (Wildman–Crippen MR) is 85.9 cm³/mol. The second kappa shape index (κ2) is 4.93. The molecule has 1 amide bonds. The summed E-state index contributed by atoms with van der Waals surface area (Å²) in [5.41, 5.74) is 1.44. The van der Waals surface area contributed by atoms with Gasteiger partial charge in [-0.25, -0.2) is 9.55 Å². The van der Waals surface area contributed by atoms with Gasteiger partial charge in [0.15, 0.2) is 11.3 Å². The Morgan fingerprint density at radius 2 is 2.04 bits per heavy atom. The summed E-state index contributed by atoms with van der Waals surface area (Å²) < 4.78 is 2.04. The first-order valence-corrected chi connectivity index (χ1v) is 7.67. The first-order chi connectivity index (χ1) is 11.1. The highest BCUT2D eigenvalue weighted by Crippen LogP contribution is 2.36. The molecular weight excluding hydrogens is 290 g/mol. The van der Waals surface area contributed by atoms with Crippen LogP contribution >= 0.6 is 0 Å². The normalized spacial score (nSPS) is 19.7. The molecule has 0 fully saturated rings. The molecule has 0 bridgehead atoms. The van der Waals surface area contributed by atoms with Crippen LogP contribution in [0.3, 0.4) is 0 Å². The third-order valence-electron chi connectivity index (χ3n) is 4.71. The molecule has 0 aliphatic carbocycles. The number of nitrogens with one attached hydrogen (secondary N) is 2. The van der Waals surface area contributed by atoms with Crippen molar-refractivity contribution in [1.82, 2.24) is 10.3 Å². The maximum atomic E-state index is 11.7. The van der Waals surface area contributed by atoms with Crippen LogP contribution < -0.4 is 9.88 Å². The standard InChI is InChI=1S/C18H17N3O2/c1-19-17(22)14-3-2-13-9-15(5-4-12(13)8-14)18(23)6-7-21-11-20-10-16(18)21/h2-5,8-11,23H,6-7H2,1H3,(H,19,22)/p+1/t18-/m0/s1. The smallest absolute Gasteiger partial charge is 0.251 e. The number of hydrogen-bond donors (Lipinski definition) is 3. The van der Waals surface area contributed by atoms with Crippen molar-refractivity contribution in [2.75, 3.05) is 7.05 Å². The Kier molecular flexibility index (Phi) is 2.99. The van der Waals surface area contributed by atoms with Crippen LogP contribution in [-0.4, -0.2) is 23.0 Å². The minimum atomic E-state index is -0.965. The van der Waals surface area contributed by atoms with E-state index in [4.69, 9.17) is 0 Å². The SMILES string of the molecule is CNC(=O)c1ccc2cc([C@@]3(O)CC[n+]4c[nH]cc43)ccc2c1. The van der Waals surface area contributed by atoms with Gasteiger partial charge >= 0.3 is 0 Å². The summed E-state index contributed by atoms with van der Waals surface area (Å²) in [7, 11) is 1.62. The fourth-order valence-electron chi connectivity index (χ4n) is 3.39. The molecule has 0 radical (unpaired) electrons. The summed E-state index contributed by atoms with van der Waals surface area (Å²) in [5.74, 6) is -0.0984. The molecule has 0 spiro atoms. The zero-order valence-corrected chi connectivity index (χ0v) is 12.8. The van der Waals surface area contributed by atoms with Crippen molar-refractivity contribution in [3.8, 4) is 0 Å². The number of H-pyrrole nitrogens is 1. The number of rotatable bonds is 2. The lowest BCUT2D eigenvalue weighted by Crippen LogP contribution is -2.33. The van der Waals surface area contributed by atoms with Gasteiger partial charge < -0.3 is 10.4 Å². The molecule has 1 aromatic heterocycles. The molecule has 2 heterocycles. The highest BCUT2D eigenvalue weighted by Gasteiger charge is 2.43. The van der Waals surface area contributed by atoms with Crippen LogP contribution in [-0.2, 0) is 12.1 Å². The number of imidazole rings is 1. The van der Waals surface area contributed by atoms with Gasteiger partial charge in [0.05, 0.1) is 6.54 Å². The number of nitrogens with zero attached hydrogens (tertiary/aromatic N) is 1. The summed E-state index contributed by atoms with van der Waals surface area (Å²) in [6, 6.07) is 11.5. The van der Waals surface area contributed by atoms with E-state index < -0.39 is 5.60 Å². The van der Waals surface area contributed by atoms with Crippen LogP contribution in [0.2, 0.25) is 0 Å². The lowest BCUT2D eigenvalue weighted by molar-refractivity contribution is -0.690. The Bertz CT molecular complexity index is 916. The zero-order valence-electron chi connectivity index (χ0n) is 12.8. The maximum Gasteiger partial charge on any atom is 0.251 e. The van der Waals surface area contributed by atoms with E-state index in [2.05, 4.69) is 10.3 Å². The van der Waals surface area contributed by atoms with Gasteiger partial charge in [-0.2, -0.15) is 0 Å². The minimum absolute atomic E-state index is 0.0984. The first kappa shape index (κ1) is 14.0. The molecule has 3 N–H and O–H groups in total. The second-order valence-electron chi connectivity index (χ2n) is 5.98. The van der Waals surface area contributed by atoms with Crippen LogP contribution in [0.1, 0.15) is 28.0 Å². The van der Waals surface area contributed by atoms with E-state index in [0.717, 1.165) is 28.6 Å². The van der Waals surface area contributed by atoms with Crippen LogP contribution in [0.4, 0.5) is 0 Å². The highest BCUT2D eigenvalue weighted by atomic mass is 16.3. The summed E-state index contributed by atoms with van der Waals surface area (Å²) >= 11 is 0. The van der Waals surface area contributed by atoms with Crippen molar-refractivity contribution in [3.05, 3.63) is 65.7 Å². The minimum Gasteiger partial charge on any atom is -0.376 e. The fraction of sp³-hybridized carbons (Fsp3) is 0.222. The van der Waals surface area contributed by atoms with Gasteiger partial charge in [-0.1, -0.05) is 18.2 Å². The molecule has 23 heavy (non-hydrogen) atoms. The molecule has 1 aliphatic rings. The third-order valence-corrected chi connectivity index (χ3v) is 4.71. The third kappa shape index (κ3) is 2.04. The van der Waals surface area contributed by atoms with E-state index in [1.807, 2.05) is 47.4 Å². The number of fused-ring (bicyclic) bond motifs is 2. The first-order valence-electron chi connectivity index (χ1n) is 7.67.